The highest BCUT2D eigenvalue weighted by Gasteiger charge is 2.23. The van der Waals surface area contributed by atoms with Crippen molar-refractivity contribution in [2.45, 2.75) is 43.8 Å². The Morgan fingerprint density at radius 3 is 3.00 bits per heavy atom. The highest BCUT2D eigenvalue weighted by atomic mass is 32.2. The number of thioether (sulfide) groups is 1. The number of fused-ring (bicyclic) bond motifs is 1. The van der Waals surface area contributed by atoms with E-state index in [-0.39, 0.29) is 17.7 Å². The van der Waals surface area contributed by atoms with Crippen LogP contribution in [0.5, 0.6) is 0 Å². The minimum atomic E-state index is -0.427. The molecular weight excluding hydrogens is 328 g/mol. The molecule has 2 N–H and O–H groups in total. The molecule has 24 heavy (non-hydrogen) atoms. The Kier molecular flexibility index (Phi) is 5.29. The predicted molar refractivity (Wildman–Crippen MR) is 89.6 cm³/mol. The van der Waals surface area contributed by atoms with E-state index in [2.05, 4.69) is 32.6 Å². The molecule has 2 unspecified atom stereocenters. The van der Waals surface area contributed by atoms with Gasteiger partial charge in [-0.1, -0.05) is 31.5 Å². The van der Waals surface area contributed by atoms with Crippen molar-refractivity contribution in [3.63, 3.8) is 0 Å². The highest BCUT2D eigenvalue weighted by molar-refractivity contribution is 7.99. The second-order valence-electron chi connectivity index (χ2n) is 5.94. The molecule has 0 spiro atoms. The Morgan fingerprint density at radius 2 is 2.21 bits per heavy atom. The van der Waals surface area contributed by atoms with E-state index in [4.69, 9.17) is 0 Å². The van der Waals surface area contributed by atoms with E-state index in [9.17, 15) is 9.59 Å². The van der Waals surface area contributed by atoms with Crippen LogP contribution in [0.3, 0.4) is 0 Å². The largest absolute Gasteiger partial charge is 0.335 e. The van der Waals surface area contributed by atoms with Crippen LogP contribution in [0.25, 0.3) is 5.78 Å². The molecule has 9 heteroatoms. The van der Waals surface area contributed by atoms with Crippen LogP contribution in [-0.4, -0.2) is 43.3 Å². The SMILES string of the molecule is CC1CCCCC1NC(=O)NC(=O)CSc1nc2ncccn2n1. The van der Waals surface area contributed by atoms with Crippen LogP contribution < -0.4 is 10.6 Å². The van der Waals surface area contributed by atoms with Crippen LogP contribution >= 0.6 is 11.8 Å². The van der Waals surface area contributed by atoms with Gasteiger partial charge in [0.2, 0.25) is 11.1 Å². The van der Waals surface area contributed by atoms with Crippen molar-refractivity contribution in [2.75, 3.05) is 5.75 Å². The quantitative estimate of drug-likeness (QED) is 0.814. The number of nitrogens with one attached hydrogen (secondary N) is 2. The standard InChI is InChI=1S/C15H20N6O2S/c1-10-5-2-3-6-11(10)17-14(23)18-12(22)9-24-15-19-13-16-7-4-8-21(13)20-15/h4,7-8,10-11H,2-3,5-6,9H2,1H3,(H2,17,18,22,23). The Bertz CT molecular complexity index is 701. The van der Waals surface area contributed by atoms with Gasteiger partial charge in [-0.3, -0.25) is 10.1 Å². The summed E-state index contributed by atoms with van der Waals surface area (Å²) in [6, 6.07) is 1.47. The lowest BCUT2D eigenvalue weighted by atomic mass is 9.86. The molecule has 8 nitrogen and oxygen atoms in total. The molecule has 2 heterocycles. The van der Waals surface area contributed by atoms with Crippen molar-refractivity contribution < 1.29 is 9.59 Å². The minimum Gasteiger partial charge on any atom is -0.335 e. The molecule has 3 amide bonds. The third kappa shape index (κ3) is 4.22. The van der Waals surface area contributed by atoms with Crippen molar-refractivity contribution >= 4 is 29.5 Å². The summed E-state index contributed by atoms with van der Waals surface area (Å²) in [5.41, 5.74) is 0. The first-order valence-corrected chi connectivity index (χ1v) is 9.01. The van der Waals surface area contributed by atoms with E-state index in [1.54, 1.807) is 18.5 Å². The maximum absolute atomic E-state index is 11.9. The van der Waals surface area contributed by atoms with Gasteiger partial charge in [-0.25, -0.2) is 14.3 Å². The highest BCUT2D eigenvalue weighted by Crippen LogP contribution is 2.23. The summed E-state index contributed by atoms with van der Waals surface area (Å²) in [7, 11) is 0. The maximum atomic E-state index is 11.9. The molecule has 0 aromatic carbocycles. The smallest absolute Gasteiger partial charge is 0.321 e. The number of hydrogen-bond donors (Lipinski definition) is 2. The third-order valence-electron chi connectivity index (χ3n) is 4.11. The number of aromatic nitrogens is 4. The number of carbonyl (C=O) groups excluding carboxylic acids is 2. The molecule has 1 saturated carbocycles. The lowest BCUT2D eigenvalue weighted by molar-refractivity contribution is -0.117. The average Bonchev–Trinajstić information content (AvgIpc) is 2.98. The molecule has 3 rings (SSSR count). The first kappa shape index (κ1) is 16.7. The molecular formula is C15H20N6O2S. The summed E-state index contributed by atoms with van der Waals surface area (Å²) in [5, 5.41) is 9.90. The Balaban J connectivity index is 1.45. The number of nitrogens with zero attached hydrogens (tertiary/aromatic N) is 4. The number of urea groups is 1. The number of rotatable bonds is 4. The van der Waals surface area contributed by atoms with Gasteiger partial charge in [0.25, 0.3) is 5.78 Å². The zero-order chi connectivity index (χ0) is 16.9. The van der Waals surface area contributed by atoms with Crippen molar-refractivity contribution in [3.8, 4) is 0 Å². The molecule has 2 aromatic heterocycles. The molecule has 0 saturated heterocycles. The van der Waals surface area contributed by atoms with Crippen molar-refractivity contribution in [1.29, 1.82) is 0 Å². The van der Waals surface area contributed by atoms with E-state index >= 15 is 0 Å². The van der Waals surface area contributed by atoms with E-state index in [0.717, 1.165) is 19.3 Å². The number of carbonyl (C=O) groups is 2. The summed E-state index contributed by atoms with van der Waals surface area (Å²) < 4.78 is 1.54. The predicted octanol–water partition coefficient (Wildman–Crippen LogP) is 1.62. The topological polar surface area (TPSA) is 101 Å². The zero-order valence-corrected chi connectivity index (χ0v) is 14.3. The number of amides is 3. The summed E-state index contributed by atoms with van der Waals surface area (Å²) in [6.07, 6.45) is 7.77. The molecule has 2 aromatic rings. The lowest BCUT2D eigenvalue weighted by Gasteiger charge is -2.29. The molecule has 128 valence electrons. The minimum absolute atomic E-state index is 0.0739. The molecule has 1 aliphatic carbocycles. The Morgan fingerprint density at radius 1 is 1.38 bits per heavy atom. The normalized spacial score (nSPS) is 20.7. The molecule has 0 bridgehead atoms. The van der Waals surface area contributed by atoms with Gasteiger partial charge in [-0.05, 0) is 24.8 Å². The molecule has 1 aliphatic rings. The summed E-state index contributed by atoms with van der Waals surface area (Å²) >= 11 is 1.17. The van der Waals surface area contributed by atoms with Gasteiger partial charge in [-0.15, -0.1) is 5.10 Å². The Labute approximate surface area is 143 Å². The summed E-state index contributed by atoms with van der Waals surface area (Å²) in [4.78, 5) is 32.1. The van der Waals surface area contributed by atoms with Crippen LogP contribution in [0.4, 0.5) is 4.79 Å². The van der Waals surface area contributed by atoms with Gasteiger partial charge < -0.3 is 5.32 Å². The molecule has 0 radical (unpaired) electrons. The van der Waals surface area contributed by atoms with Crippen molar-refractivity contribution in [1.82, 2.24) is 30.2 Å². The van der Waals surface area contributed by atoms with Crippen LogP contribution in [-0.2, 0) is 4.79 Å². The van der Waals surface area contributed by atoms with Gasteiger partial charge in [0.05, 0.1) is 5.75 Å². The van der Waals surface area contributed by atoms with Crippen LogP contribution in [0.2, 0.25) is 0 Å². The lowest BCUT2D eigenvalue weighted by Crippen LogP contribution is -2.48. The summed E-state index contributed by atoms with van der Waals surface area (Å²) in [6.45, 7) is 2.13. The van der Waals surface area contributed by atoms with E-state index in [1.807, 2.05) is 0 Å². The van der Waals surface area contributed by atoms with Crippen molar-refractivity contribution in [2.24, 2.45) is 5.92 Å². The summed E-state index contributed by atoms with van der Waals surface area (Å²) in [5.74, 6) is 0.630. The van der Waals surface area contributed by atoms with Gasteiger partial charge in [0.1, 0.15) is 0 Å². The average molecular weight is 348 g/mol. The van der Waals surface area contributed by atoms with Gasteiger partial charge in [0, 0.05) is 18.4 Å². The molecule has 2 atom stereocenters. The monoisotopic (exact) mass is 348 g/mol. The fourth-order valence-electron chi connectivity index (χ4n) is 2.80. The molecule has 1 fully saturated rings. The van der Waals surface area contributed by atoms with E-state index in [1.165, 1.54) is 22.7 Å². The maximum Gasteiger partial charge on any atom is 0.321 e. The van der Waals surface area contributed by atoms with Crippen LogP contribution in [0, 0.1) is 5.92 Å². The fourth-order valence-corrected chi connectivity index (χ4v) is 3.43. The van der Waals surface area contributed by atoms with Crippen molar-refractivity contribution in [3.05, 3.63) is 18.5 Å². The fraction of sp³-hybridized carbons (Fsp3) is 0.533. The van der Waals surface area contributed by atoms with E-state index < -0.39 is 6.03 Å². The van der Waals surface area contributed by atoms with Gasteiger partial charge in [-0.2, -0.15) is 4.98 Å². The van der Waals surface area contributed by atoms with E-state index in [0.29, 0.717) is 16.9 Å². The third-order valence-corrected chi connectivity index (χ3v) is 4.95. The first-order chi connectivity index (χ1) is 11.6. The first-order valence-electron chi connectivity index (χ1n) is 8.02. The second-order valence-corrected chi connectivity index (χ2v) is 6.88. The Hall–Kier alpha value is -2.16. The van der Waals surface area contributed by atoms with Crippen LogP contribution in [0.15, 0.2) is 23.6 Å². The number of imide groups is 1. The van der Waals surface area contributed by atoms with Gasteiger partial charge in [0.15, 0.2) is 0 Å². The number of hydrogen-bond acceptors (Lipinski definition) is 6. The van der Waals surface area contributed by atoms with Crippen LogP contribution in [0.1, 0.15) is 32.6 Å². The second kappa shape index (κ2) is 7.61. The van der Waals surface area contributed by atoms with Gasteiger partial charge >= 0.3 is 6.03 Å². The zero-order valence-electron chi connectivity index (χ0n) is 13.4. The molecule has 0 aliphatic heterocycles.